The molecular formula is C18H29KO3S. The van der Waals surface area contributed by atoms with Gasteiger partial charge in [0.15, 0.2) is 0 Å². The van der Waals surface area contributed by atoms with Crippen molar-refractivity contribution in [3.8, 4) is 5.75 Å². The summed E-state index contributed by atoms with van der Waals surface area (Å²) in [5.74, 6) is 0.741. The molecule has 0 aliphatic heterocycles. The van der Waals surface area contributed by atoms with E-state index in [1.54, 1.807) is 24.3 Å². The zero-order valence-corrected chi connectivity index (χ0v) is 18.7. The number of ether oxygens (including phenoxy) is 1. The summed E-state index contributed by atoms with van der Waals surface area (Å²) in [5, 5.41) is 0. The van der Waals surface area contributed by atoms with Crippen LogP contribution in [0.1, 0.15) is 71.1 Å². The quantitative estimate of drug-likeness (QED) is 0.307. The molecule has 0 radical (unpaired) electrons. The van der Waals surface area contributed by atoms with Gasteiger partial charge in [-0.05, 0) is 29.3 Å². The summed E-state index contributed by atoms with van der Waals surface area (Å²) in [6.07, 6.45) is 13.1. The monoisotopic (exact) mass is 364 g/mol. The van der Waals surface area contributed by atoms with Crippen LogP contribution in [0.4, 0.5) is 0 Å². The van der Waals surface area contributed by atoms with Crippen LogP contribution in [0, 0.1) is 0 Å². The first-order chi connectivity index (χ1) is 10.7. The fourth-order valence-electron chi connectivity index (χ4n) is 2.43. The van der Waals surface area contributed by atoms with Crippen molar-refractivity contribution >= 4 is 10.7 Å². The first-order valence-electron chi connectivity index (χ1n) is 8.56. The molecule has 0 atom stereocenters. The van der Waals surface area contributed by atoms with Gasteiger partial charge in [-0.25, -0.2) is 0 Å². The molecular weight excluding hydrogens is 335 g/mol. The summed E-state index contributed by atoms with van der Waals surface area (Å²) in [6, 6.07) is 6.55. The van der Waals surface area contributed by atoms with Gasteiger partial charge in [0.05, 0.1) is 6.61 Å². The molecule has 0 saturated carbocycles. The summed E-state index contributed by atoms with van der Waals surface area (Å²) in [5.41, 5.74) is 0. The van der Waals surface area contributed by atoms with Gasteiger partial charge in [-0.15, -0.1) is 0 Å². The minimum absolute atomic E-state index is 0. The Morgan fingerprint density at radius 3 is 1.74 bits per heavy atom. The van der Waals surface area contributed by atoms with Crippen LogP contribution in [0.15, 0.2) is 29.2 Å². The van der Waals surface area contributed by atoms with Crippen molar-refractivity contribution < 1.29 is 64.5 Å². The Kier molecular flexibility index (Phi) is 16.5. The zero-order chi connectivity index (χ0) is 16.0. The second kappa shape index (κ2) is 16.1. The molecule has 0 aromatic heterocycles. The molecule has 23 heavy (non-hydrogen) atoms. The SMILES string of the molecule is CCCCCCCCCCCCOc1ccc([S-](=O)=O)cc1.[K+]. The summed E-state index contributed by atoms with van der Waals surface area (Å²) in [4.78, 5) is 0.297. The Morgan fingerprint density at radius 2 is 1.26 bits per heavy atom. The third-order valence-corrected chi connectivity index (χ3v) is 4.44. The van der Waals surface area contributed by atoms with Crippen molar-refractivity contribution in [2.45, 2.75) is 76.0 Å². The molecule has 0 aliphatic carbocycles. The summed E-state index contributed by atoms with van der Waals surface area (Å²) >= 11 is 0. The molecule has 5 heteroatoms. The molecule has 0 N–H and O–H groups in total. The number of hydrogen-bond acceptors (Lipinski definition) is 4. The molecule has 0 amide bonds. The maximum absolute atomic E-state index is 10.7. The Labute approximate surface area is 186 Å². The molecule has 0 saturated heterocycles. The van der Waals surface area contributed by atoms with Gasteiger partial charge >= 0.3 is 51.4 Å². The normalized spacial score (nSPS) is 10.5. The Balaban J connectivity index is 0.00000484. The molecule has 3 nitrogen and oxygen atoms in total. The van der Waals surface area contributed by atoms with E-state index in [9.17, 15) is 8.42 Å². The number of rotatable bonds is 13. The van der Waals surface area contributed by atoms with E-state index in [0.29, 0.717) is 11.5 Å². The van der Waals surface area contributed by atoms with Gasteiger partial charge < -0.3 is 13.2 Å². The topological polar surface area (TPSA) is 43.4 Å². The van der Waals surface area contributed by atoms with Crippen molar-refractivity contribution in [3.05, 3.63) is 24.3 Å². The maximum Gasteiger partial charge on any atom is 1.00 e. The van der Waals surface area contributed by atoms with E-state index < -0.39 is 10.7 Å². The first kappa shape index (κ1) is 23.6. The number of hydrogen-bond donors (Lipinski definition) is 0. The van der Waals surface area contributed by atoms with Crippen LogP contribution < -0.4 is 56.1 Å². The molecule has 0 unspecified atom stereocenters. The van der Waals surface area contributed by atoms with Crippen LogP contribution in [-0.4, -0.2) is 6.61 Å². The Bertz CT molecular complexity index is 450. The summed E-state index contributed by atoms with van der Waals surface area (Å²) in [7, 11) is -2.16. The van der Waals surface area contributed by atoms with Crippen LogP contribution >= 0.6 is 0 Å². The second-order valence-electron chi connectivity index (χ2n) is 5.74. The fraction of sp³-hybridized carbons (Fsp3) is 0.667. The van der Waals surface area contributed by atoms with Gasteiger partial charge in [0, 0.05) is 0 Å². The van der Waals surface area contributed by atoms with Crippen LogP contribution in [0.5, 0.6) is 5.75 Å². The molecule has 0 fully saturated rings. The summed E-state index contributed by atoms with van der Waals surface area (Å²) in [6.45, 7) is 2.96. The predicted octanol–water partition coefficient (Wildman–Crippen LogP) is 2.66. The van der Waals surface area contributed by atoms with Gasteiger partial charge in [-0.2, -0.15) is 0 Å². The first-order valence-corrected chi connectivity index (χ1v) is 9.63. The number of unbranched alkanes of at least 4 members (excludes halogenated alkanes) is 9. The second-order valence-corrected chi connectivity index (χ2v) is 6.68. The largest absolute Gasteiger partial charge is 1.00 e. The maximum atomic E-state index is 10.7. The van der Waals surface area contributed by atoms with E-state index in [0.717, 1.165) is 12.2 Å². The average Bonchev–Trinajstić information content (AvgIpc) is 2.53. The predicted molar refractivity (Wildman–Crippen MR) is 90.8 cm³/mol. The standard InChI is InChI=1S/C18H29O3S.K/c1-2-3-4-5-6-7-8-9-10-11-16-21-17-12-14-18(15-13-17)22(19)20;/h12-15H,2-11,16H2,1H3;/q-1;+1. The van der Waals surface area contributed by atoms with Gasteiger partial charge in [-0.1, -0.05) is 81.7 Å². The van der Waals surface area contributed by atoms with Crippen LogP contribution in [0.3, 0.4) is 0 Å². The summed E-state index contributed by atoms with van der Waals surface area (Å²) < 4.78 is 27.1. The van der Waals surface area contributed by atoms with E-state index in [1.165, 1.54) is 57.8 Å². The van der Waals surface area contributed by atoms with Gasteiger partial charge in [0.2, 0.25) is 0 Å². The molecule has 0 spiro atoms. The van der Waals surface area contributed by atoms with E-state index >= 15 is 0 Å². The molecule has 0 aliphatic rings. The third kappa shape index (κ3) is 12.6. The molecule has 0 bridgehead atoms. The van der Waals surface area contributed by atoms with Crippen molar-refractivity contribution in [2.24, 2.45) is 0 Å². The molecule has 1 rings (SSSR count). The zero-order valence-electron chi connectivity index (χ0n) is 14.7. The van der Waals surface area contributed by atoms with Gasteiger partial charge in [-0.3, -0.25) is 0 Å². The van der Waals surface area contributed by atoms with E-state index in [1.807, 2.05) is 0 Å². The van der Waals surface area contributed by atoms with Gasteiger partial charge in [0.25, 0.3) is 0 Å². The van der Waals surface area contributed by atoms with Crippen molar-refractivity contribution in [1.82, 2.24) is 0 Å². The van der Waals surface area contributed by atoms with Crippen molar-refractivity contribution in [2.75, 3.05) is 6.61 Å². The van der Waals surface area contributed by atoms with E-state index in [4.69, 9.17) is 4.74 Å². The minimum Gasteiger partial charge on any atom is -0.494 e. The Morgan fingerprint density at radius 1 is 0.783 bits per heavy atom. The van der Waals surface area contributed by atoms with Crippen molar-refractivity contribution in [3.63, 3.8) is 0 Å². The van der Waals surface area contributed by atoms with Gasteiger partial charge in [0.1, 0.15) is 5.75 Å². The Hall–Kier alpha value is 0.606. The van der Waals surface area contributed by atoms with Crippen molar-refractivity contribution in [1.29, 1.82) is 0 Å². The van der Waals surface area contributed by atoms with Crippen LogP contribution in [0.2, 0.25) is 0 Å². The van der Waals surface area contributed by atoms with Crippen LogP contribution in [0.25, 0.3) is 0 Å². The van der Waals surface area contributed by atoms with E-state index in [-0.39, 0.29) is 51.4 Å². The molecule has 1 aromatic carbocycles. The minimum atomic E-state index is -2.16. The smallest absolute Gasteiger partial charge is 0.494 e. The molecule has 126 valence electrons. The van der Waals surface area contributed by atoms with E-state index in [2.05, 4.69) is 6.92 Å². The molecule has 0 heterocycles. The number of benzene rings is 1. The average molecular weight is 365 g/mol. The fourth-order valence-corrected chi connectivity index (χ4v) is 2.78. The van der Waals surface area contributed by atoms with Crippen LogP contribution in [-0.2, 0) is 19.1 Å². The third-order valence-electron chi connectivity index (χ3n) is 3.78. The molecule has 1 aromatic rings.